The molecule has 1 N–H and O–H groups in total. The lowest BCUT2D eigenvalue weighted by molar-refractivity contribution is 0.0980. The molecule has 3 heteroatoms. The highest BCUT2D eigenvalue weighted by atomic mass is 16.5. The maximum Gasteiger partial charge on any atom is 0.119 e. The first-order chi connectivity index (χ1) is 9.90. The fourth-order valence-electron chi connectivity index (χ4n) is 2.22. The average molecular weight is 275 g/mol. The number of nitrogens with one attached hydrogen (secondary N) is 1. The van der Waals surface area contributed by atoms with Crippen molar-refractivity contribution in [1.29, 1.82) is 0 Å². The minimum absolute atomic E-state index is 0.621. The van der Waals surface area contributed by atoms with E-state index in [0.29, 0.717) is 13.2 Å². The zero-order chi connectivity index (χ0) is 14.0. The Hall–Kier alpha value is -1.32. The van der Waals surface area contributed by atoms with Gasteiger partial charge in [-0.25, -0.2) is 0 Å². The molecule has 1 aromatic rings. The molecule has 0 saturated heterocycles. The first-order valence-electron chi connectivity index (χ1n) is 7.61. The van der Waals surface area contributed by atoms with E-state index in [4.69, 9.17) is 9.47 Å². The lowest BCUT2D eigenvalue weighted by atomic mass is 10.0. The van der Waals surface area contributed by atoms with Crippen LogP contribution in [0.1, 0.15) is 31.7 Å². The van der Waals surface area contributed by atoms with Crippen LogP contribution in [0.3, 0.4) is 0 Å². The van der Waals surface area contributed by atoms with E-state index in [1.807, 2.05) is 12.1 Å². The number of rotatable bonds is 8. The van der Waals surface area contributed by atoms with E-state index in [9.17, 15) is 0 Å². The molecule has 0 radical (unpaired) electrons. The van der Waals surface area contributed by atoms with Crippen molar-refractivity contribution in [2.24, 2.45) is 0 Å². The molecule has 3 nitrogen and oxygen atoms in total. The van der Waals surface area contributed by atoms with Crippen LogP contribution < -0.4 is 10.1 Å². The molecule has 0 atom stereocenters. The van der Waals surface area contributed by atoms with Crippen LogP contribution >= 0.6 is 0 Å². The molecule has 0 bridgehead atoms. The van der Waals surface area contributed by atoms with Gasteiger partial charge < -0.3 is 14.8 Å². The van der Waals surface area contributed by atoms with Crippen molar-refractivity contribution in [2.45, 2.75) is 26.2 Å². The van der Waals surface area contributed by atoms with Crippen LogP contribution in [-0.2, 0) is 4.74 Å². The first-order valence-corrected chi connectivity index (χ1v) is 7.61. The fraction of sp³-hybridized carbons (Fsp3) is 0.529. The Labute approximate surface area is 122 Å². The largest absolute Gasteiger partial charge is 0.491 e. The van der Waals surface area contributed by atoms with Crippen molar-refractivity contribution >= 4 is 5.57 Å². The van der Waals surface area contributed by atoms with Gasteiger partial charge in [0, 0.05) is 13.2 Å². The Morgan fingerprint density at radius 2 is 1.95 bits per heavy atom. The van der Waals surface area contributed by atoms with Crippen molar-refractivity contribution in [3.63, 3.8) is 0 Å². The van der Waals surface area contributed by atoms with Gasteiger partial charge >= 0.3 is 0 Å². The first kappa shape index (κ1) is 15.1. The average Bonchev–Trinajstić information content (AvgIpc) is 2.52. The maximum atomic E-state index is 5.67. The zero-order valence-electron chi connectivity index (χ0n) is 12.4. The minimum atomic E-state index is 0.621. The van der Waals surface area contributed by atoms with Crippen molar-refractivity contribution in [3.05, 3.63) is 35.9 Å². The van der Waals surface area contributed by atoms with Gasteiger partial charge in [-0.15, -0.1) is 0 Å². The Morgan fingerprint density at radius 3 is 2.65 bits per heavy atom. The molecule has 0 spiro atoms. The lowest BCUT2D eigenvalue weighted by Crippen LogP contribution is -2.19. The minimum Gasteiger partial charge on any atom is -0.491 e. The zero-order valence-corrected chi connectivity index (χ0v) is 12.4. The highest BCUT2D eigenvalue weighted by Crippen LogP contribution is 2.22. The van der Waals surface area contributed by atoms with Crippen LogP contribution in [-0.4, -0.2) is 32.9 Å². The summed E-state index contributed by atoms with van der Waals surface area (Å²) in [5, 5.41) is 3.33. The Bertz CT molecular complexity index is 412. The van der Waals surface area contributed by atoms with Crippen molar-refractivity contribution in [2.75, 3.05) is 32.9 Å². The molecule has 110 valence electrons. The van der Waals surface area contributed by atoms with Gasteiger partial charge in [0.25, 0.3) is 0 Å². The topological polar surface area (TPSA) is 30.5 Å². The summed E-state index contributed by atoms with van der Waals surface area (Å²) in [5.41, 5.74) is 2.73. The SMILES string of the molecule is CCCCOCCOc1ccc(C2=CCNCC2)cc1. The molecule has 0 amide bonds. The van der Waals surface area contributed by atoms with E-state index in [-0.39, 0.29) is 0 Å². The Balaban J connectivity index is 1.72. The molecular formula is C17H25NO2. The molecular weight excluding hydrogens is 250 g/mol. The third-order valence-corrected chi connectivity index (χ3v) is 3.43. The molecule has 1 aliphatic rings. The molecule has 0 saturated carbocycles. The Morgan fingerprint density at radius 1 is 1.10 bits per heavy atom. The van der Waals surface area contributed by atoms with Crippen molar-refractivity contribution < 1.29 is 9.47 Å². The molecule has 1 heterocycles. The normalized spacial score (nSPS) is 14.9. The molecule has 20 heavy (non-hydrogen) atoms. The van der Waals surface area contributed by atoms with Gasteiger partial charge in [-0.3, -0.25) is 0 Å². The van der Waals surface area contributed by atoms with Gasteiger partial charge in [0.15, 0.2) is 0 Å². The summed E-state index contributed by atoms with van der Waals surface area (Å²) < 4.78 is 11.1. The summed E-state index contributed by atoms with van der Waals surface area (Å²) >= 11 is 0. The smallest absolute Gasteiger partial charge is 0.119 e. The van der Waals surface area contributed by atoms with E-state index in [0.717, 1.165) is 38.3 Å². The van der Waals surface area contributed by atoms with Crippen LogP contribution in [0.25, 0.3) is 5.57 Å². The summed E-state index contributed by atoms with van der Waals surface area (Å²) in [6, 6.07) is 8.38. The molecule has 1 aliphatic heterocycles. The van der Waals surface area contributed by atoms with Crippen LogP contribution in [0.2, 0.25) is 0 Å². The summed E-state index contributed by atoms with van der Waals surface area (Å²) in [5.74, 6) is 0.919. The molecule has 0 aromatic heterocycles. The van der Waals surface area contributed by atoms with Gasteiger partial charge in [0.2, 0.25) is 0 Å². The van der Waals surface area contributed by atoms with Crippen LogP contribution in [0.4, 0.5) is 0 Å². The lowest BCUT2D eigenvalue weighted by Gasteiger charge is -2.14. The number of benzene rings is 1. The maximum absolute atomic E-state index is 5.67. The predicted octanol–water partition coefficient (Wildman–Crippen LogP) is 3.26. The molecule has 1 aromatic carbocycles. The third kappa shape index (κ3) is 4.99. The van der Waals surface area contributed by atoms with Crippen LogP contribution in [0.15, 0.2) is 30.3 Å². The monoisotopic (exact) mass is 275 g/mol. The number of ether oxygens (including phenoxy) is 2. The second-order valence-corrected chi connectivity index (χ2v) is 5.02. The summed E-state index contributed by atoms with van der Waals surface area (Å²) in [6.07, 6.45) is 5.67. The van der Waals surface area contributed by atoms with E-state index < -0.39 is 0 Å². The Kier molecular flexibility index (Phi) is 6.61. The van der Waals surface area contributed by atoms with Gasteiger partial charge in [0.1, 0.15) is 12.4 Å². The van der Waals surface area contributed by atoms with E-state index in [2.05, 4.69) is 30.4 Å². The van der Waals surface area contributed by atoms with Crippen molar-refractivity contribution in [3.8, 4) is 5.75 Å². The molecule has 0 unspecified atom stereocenters. The van der Waals surface area contributed by atoms with Crippen LogP contribution in [0.5, 0.6) is 5.75 Å². The summed E-state index contributed by atoms with van der Waals surface area (Å²) in [4.78, 5) is 0. The van der Waals surface area contributed by atoms with Crippen molar-refractivity contribution in [1.82, 2.24) is 5.32 Å². The second kappa shape index (κ2) is 8.77. The number of unbranched alkanes of at least 4 members (excludes halogenated alkanes) is 1. The van der Waals surface area contributed by atoms with E-state index >= 15 is 0 Å². The van der Waals surface area contributed by atoms with Gasteiger partial charge in [0.05, 0.1) is 6.61 Å². The predicted molar refractivity (Wildman–Crippen MR) is 83.1 cm³/mol. The van der Waals surface area contributed by atoms with Crippen LogP contribution in [0, 0.1) is 0 Å². The van der Waals surface area contributed by atoms with Gasteiger partial charge in [-0.1, -0.05) is 31.6 Å². The molecule has 2 rings (SSSR count). The fourth-order valence-corrected chi connectivity index (χ4v) is 2.22. The van der Waals surface area contributed by atoms with E-state index in [1.54, 1.807) is 0 Å². The standard InChI is InChI=1S/C17H25NO2/c1-2-3-12-19-13-14-20-17-6-4-15(5-7-17)16-8-10-18-11-9-16/h4-8,18H,2-3,9-14H2,1H3. The molecule has 0 fully saturated rings. The highest BCUT2D eigenvalue weighted by Gasteiger charge is 2.05. The highest BCUT2D eigenvalue weighted by molar-refractivity contribution is 5.67. The van der Waals surface area contributed by atoms with E-state index in [1.165, 1.54) is 17.6 Å². The summed E-state index contributed by atoms with van der Waals surface area (Å²) in [7, 11) is 0. The number of hydrogen-bond donors (Lipinski definition) is 1. The number of hydrogen-bond acceptors (Lipinski definition) is 3. The molecule has 0 aliphatic carbocycles. The second-order valence-electron chi connectivity index (χ2n) is 5.02. The summed E-state index contributed by atoms with van der Waals surface area (Å²) in [6.45, 7) is 6.33. The third-order valence-electron chi connectivity index (χ3n) is 3.43. The van der Waals surface area contributed by atoms with Gasteiger partial charge in [-0.2, -0.15) is 0 Å². The quantitative estimate of drug-likeness (QED) is 0.739. The van der Waals surface area contributed by atoms with Gasteiger partial charge in [-0.05, 0) is 42.7 Å².